The summed E-state index contributed by atoms with van der Waals surface area (Å²) in [6.07, 6.45) is 7.26. The molecule has 2 aromatic carbocycles. The van der Waals surface area contributed by atoms with Gasteiger partial charge in [0.15, 0.2) is 5.65 Å². The molecule has 6 nitrogen and oxygen atoms in total. The number of nitrogens with one attached hydrogen (secondary N) is 2. The first-order valence-electron chi connectivity index (χ1n) is 10.7. The molecular weight excluding hydrogens is 452 g/mol. The van der Waals surface area contributed by atoms with Crippen LogP contribution in [0.1, 0.15) is 5.56 Å². The van der Waals surface area contributed by atoms with Gasteiger partial charge in [-0.25, -0.2) is 9.50 Å². The first-order chi connectivity index (χ1) is 16.2. The molecular formula is C25H27ClN6S. The molecule has 0 spiro atoms. The second-order valence-electron chi connectivity index (χ2n) is 7.53. The number of hydrogen-bond acceptors (Lipinski definition) is 6. The molecule has 170 valence electrons. The molecule has 3 heterocycles. The molecule has 1 saturated heterocycles. The van der Waals surface area contributed by atoms with E-state index in [0.717, 1.165) is 59.9 Å². The van der Waals surface area contributed by atoms with Crippen molar-refractivity contribution in [3.63, 3.8) is 0 Å². The number of aromatic nitrogens is 3. The van der Waals surface area contributed by atoms with Crippen molar-refractivity contribution in [2.45, 2.75) is 0 Å². The minimum absolute atomic E-state index is 0.708. The molecule has 1 aliphatic rings. The third-order valence-corrected chi connectivity index (χ3v) is 5.75. The number of anilines is 2. The zero-order valence-electron chi connectivity index (χ0n) is 18.5. The van der Waals surface area contributed by atoms with Gasteiger partial charge in [0, 0.05) is 53.7 Å². The molecule has 0 saturated carbocycles. The number of fused-ring (bicyclic) bond motifs is 1. The van der Waals surface area contributed by atoms with Gasteiger partial charge >= 0.3 is 0 Å². The Labute approximate surface area is 204 Å². The van der Waals surface area contributed by atoms with Gasteiger partial charge in [-0.2, -0.15) is 17.7 Å². The number of thiol groups is 1. The molecule has 0 unspecified atom stereocenters. The quantitative estimate of drug-likeness (QED) is 0.349. The van der Waals surface area contributed by atoms with Crippen LogP contribution in [0.2, 0.25) is 5.02 Å². The molecule has 33 heavy (non-hydrogen) atoms. The summed E-state index contributed by atoms with van der Waals surface area (Å²) in [5.41, 5.74) is 6.73. The molecule has 2 aromatic heterocycles. The average molecular weight is 479 g/mol. The van der Waals surface area contributed by atoms with E-state index in [4.69, 9.17) is 11.6 Å². The van der Waals surface area contributed by atoms with E-state index in [0.29, 0.717) is 5.02 Å². The van der Waals surface area contributed by atoms with Gasteiger partial charge in [0.05, 0.1) is 24.3 Å². The zero-order chi connectivity index (χ0) is 23.2. The fourth-order valence-corrected chi connectivity index (χ4v) is 4.05. The third kappa shape index (κ3) is 5.16. The number of hydrogen-bond donors (Lipinski definition) is 3. The average Bonchev–Trinajstić information content (AvgIpc) is 3.29. The molecule has 0 radical (unpaired) electrons. The molecule has 0 amide bonds. The molecule has 5 rings (SSSR count). The van der Waals surface area contributed by atoms with Crippen molar-refractivity contribution < 1.29 is 0 Å². The Morgan fingerprint density at radius 3 is 2.55 bits per heavy atom. The molecule has 1 fully saturated rings. The van der Waals surface area contributed by atoms with Gasteiger partial charge < -0.3 is 15.5 Å². The van der Waals surface area contributed by atoms with Crippen molar-refractivity contribution in [3.8, 4) is 11.1 Å². The Hall–Kier alpha value is -3.00. The van der Waals surface area contributed by atoms with Gasteiger partial charge in [-0.15, -0.1) is 0 Å². The van der Waals surface area contributed by atoms with E-state index in [1.54, 1.807) is 10.8 Å². The topological polar surface area (TPSA) is 57.5 Å². The monoisotopic (exact) mass is 478 g/mol. The lowest BCUT2D eigenvalue weighted by Gasteiger charge is -2.31. The lowest BCUT2D eigenvalue weighted by atomic mass is 10.1. The maximum absolute atomic E-state index is 6.01. The lowest BCUT2D eigenvalue weighted by Crippen LogP contribution is -2.43. The van der Waals surface area contributed by atoms with E-state index < -0.39 is 0 Å². The molecule has 8 heteroatoms. The highest BCUT2D eigenvalue weighted by atomic mass is 35.5. The van der Waals surface area contributed by atoms with Crippen LogP contribution in [0.3, 0.4) is 0 Å². The van der Waals surface area contributed by atoms with Crippen LogP contribution in [0, 0.1) is 0 Å². The van der Waals surface area contributed by atoms with Crippen LogP contribution < -0.4 is 15.5 Å². The molecule has 0 atom stereocenters. The first kappa shape index (κ1) is 23.2. The van der Waals surface area contributed by atoms with Crippen LogP contribution in [0.5, 0.6) is 0 Å². The first-order valence-corrected chi connectivity index (χ1v) is 12.0. The van der Waals surface area contributed by atoms with Crippen LogP contribution in [0.4, 0.5) is 11.4 Å². The van der Waals surface area contributed by atoms with Crippen molar-refractivity contribution in [2.75, 3.05) is 42.7 Å². The van der Waals surface area contributed by atoms with Gasteiger partial charge in [0.25, 0.3) is 0 Å². The van der Waals surface area contributed by atoms with E-state index >= 15 is 0 Å². The maximum Gasteiger partial charge on any atom is 0.162 e. The summed E-state index contributed by atoms with van der Waals surface area (Å²) in [6.45, 7) is 8.24. The minimum Gasteiger partial charge on any atom is -0.368 e. The van der Waals surface area contributed by atoms with E-state index in [2.05, 4.69) is 63.0 Å². The lowest BCUT2D eigenvalue weighted by molar-refractivity contribution is 0.589. The summed E-state index contributed by atoms with van der Waals surface area (Å²) >= 11 is 9.54. The van der Waals surface area contributed by atoms with E-state index in [9.17, 15) is 0 Å². The predicted molar refractivity (Wildman–Crippen MR) is 143 cm³/mol. The Morgan fingerprint density at radius 1 is 1.06 bits per heavy atom. The van der Waals surface area contributed by atoms with Crippen molar-refractivity contribution in [1.29, 1.82) is 0 Å². The van der Waals surface area contributed by atoms with Crippen molar-refractivity contribution in [3.05, 3.63) is 84.3 Å². The standard InChI is InChI=1S/C24H23ClN6.CH4S/c1-17(21-4-2-3-5-23(21)30-12-10-26-11-13-30)29-20-14-27-24-22(15-28-31(24)16-20)18-6-8-19(25)9-7-18;1-2/h2-9,14-16,26,29H,1,10-13H2;2H,1H3. The highest BCUT2D eigenvalue weighted by Gasteiger charge is 2.16. The summed E-state index contributed by atoms with van der Waals surface area (Å²) < 4.78 is 1.78. The molecule has 0 bridgehead atoms. The molecule has 1 aliphatic heterocycles. The number of halogens is 1. The Kier molecular flexibility index (Phi) is 7.54. The number of piperazine rings is 1. The van der Waals surface area contributed by atoms with Crippen molar-refractivity contribution in [1.82, 2.24) is 19.9 Å². The molecule has 4 aromatic rings. The van der Waals surface area contributed by atoms with E-state index in [1.165, 1.54) is 5.69 Å². The largest absolute Gasteiger partial charge is 0.368 e. The Morgan fingerprint density at radius 2 is 1.79 bits per heavy atom. The second-order valence-corrected chi connectivity index (χ2v) is 7.97. The highest BCUT2D eigenvalue weighted by molar-refractivity contribution is 7.79. The smallest absolute Gasteiger partial charge is 0.162 e. The summed E-state index contributed by atoms with van der Waals surface area (Å²) in [5, 5.41) is 12.0. The number of nitrogens with zero attached hydrogens (tertiary/aromatic N) is 4. The summed E-state index contributed by atoms with van der Waals surface area (Å²) in [4.78, 5) is 7.04. The number of benzene rings is 2. The Bertz CT molecular complexity index is 1230. The summed E-state index contributed by atoms with van der Waals surface area (Å²) in [5.74, 6) is 0. The fraction of sp³-hybridized carbons (Fsp3) is 0.200. The molecule has 0 aliphatic carbocycles. The predicted octanol–water partition coefficient (Wildman–Crippen LogP) is 5.09. The fourth-order valence-electron chi connectivity index (χ4n) is 3.92. The minimum atomic E-state index is 0.708. The third-order valence-electron chi connectivity index (χ3n) is 5.49. The Balaban J connectivity index is 0.00000126. The van der Waals surface area contributed by atoms with Gasteiger partial charge in [-0.05, 0) is 30.0 Å². The van der Waals surface area contributed by atoms with Gasteiger partial charge in [-0.3, -0.25) is 0 Å². The van der Waals surface area contributed by atoms with E-state index in [1.807, 2.05) is 48.9 Å². The SMILES string of the molecule is C=C(Nc1cnc2c(-c3ccc(Cl)cc3)cnn2c1)c1ccccc1N1CCNCC1.CS. The van der Waals surface area contributed by atoms with Crippen LogP contribution in [0.25, 0.3) is 22.5 Å². The van der Waals surface area contributed by atoms with Gasteiger partial charge in [-0.1, -0.05) is 48.5 Å². The van der Waals surface area contributed by atoms with Crippen LogP contribution in [-0.4, -0.2) is 47.0 Å². The zero-order valence-corrected chi connectivity index (χ0v) is 20.2. The normalized spacial score (nSPS) is 13.4. The number of rotatable bonds is 5. The van der Waals surface area contributed by atoms with Crippen molar-refractivity contribution >= 4 is 46.9 Å². The maximum atomic E-state index is 6.01. The van der Waals surface area contributed by atoms with E-state index in [-0.39, 0.29) is 0 Å². The van der Waals surface area contributed by atoms with Crippen LogP contribution in [0.15, 0.2) is 73.7 Å². The summed E-state index contributed by atoms with van der Waals surface area (Å²) in [6, 6.07) is 16.1. The second kappa shape index (κ2) is 10.7. The summed E-state index contributed by atoms with van der Waals surface area (Å²) in [7, 11) is 0. The van der Waals surface area contributed by atoms with Crippen molar-refractivity contribution in [2.24, 2.45) is 0 Å². The molecule has 2 N–H and O–H groups in total. The van der Waals surface area contributed by atoms with Gasteiger partial charge in [0.1, 0.15) is 0 Å². The highest BCUT2D eigenvalue weighted by Crippen LogP contribution is 2.29. The van der Waals surface area contributed by atoms with Crippen LogP contribution in [-0.2, 0) is 0 Å². The van der Waals surface area contributed by atoms with Crippen LogP contribution >= 0.6 is 24.2 Å². The van der Waals surface area contributed by atoms with Gasteiger partial charge in [0.2, 0.25) is 0 Å². The number of para-hydroxylation sites is 1.